The fourth-order valence-electron chi connectivity index (χ4n) is 3.32. The molecule has 3 aromatic carbocycles. The second kappa shape index (κ2) is 8.55. The Balaban J connectivity index is 1.80. The zero-order valence-electron chi connectivity index (χ0n) is 16.7. The molecule has 0 saturated carbocycles. The molecule has 1 N–H and O–H groups in total. The summed E-state index contributed by atoms with van der Waals surface area (Å²) in [5, 5.41) is 2.96. The van der Waals surface area contributed by atoms with Crippen molar-refractivity contribution >= 4 is 45.8 Å². The Bertz CT molecular complexity index is 1110. The average Bonchev–Trinajstić information content (AvgIpc) is 3.06. The van der Waals surface area contributed by atoms with Crippen molar-refractivity contribution in [1.29, 1.82) is 0 Å². The highest BCUT2D eigenvalue weighted by atomic mass is 32.2. The summed E-state index contributed by atoms with van der Waals surface area (Å²) in [4.78, 5) is 31.7. The van der Waals surface area contributed by atoms with Gasteiger partial charge in [-0.25, -0.2) is 4.99 Å². The number of nitrogens with one attached hydrogen (secondary N) is 1. The van der Waals surface area contributed by atoms with Crippen molar-refractivity contribution in [3.05, 3.63) is 90.0 Å². The number of carbonyl (C=O) groups excluding carboxylic acids is 2. The lowest BCUT2D eigenvalue weighted by atomic mass is 10.0. The molecule has 5 nitrogen and oxygen atoms in total. The highest BCUT2D eigenvalue weighted by Crippen LogP contribution is 2.45. The number of thioether (sulfide) groups is 1. The zero-order valence-corrected chi connectivity index (χ0v) is 17.5. The molecule has 0 radical (unpaired) electrons. The number of aryl methyl sites for hydroxylation is 1. The van der Waals surface area contributed by atoms with Crippen LogP contribution in [0.2, 0.25) is 0 Å². The van der Waals surface area contributed by atoms with Crippen LogP contribution in [0.15, 0.2) is 83.9 Å². The molecular formula is C24H21N3O2S. The first-order valence-electron chi connectivity index (χ1n) is 9.60. The van der Waals surface area contributed by atoms with E-state index in [1.165, 1.54) is 18.7 Å². The van der Waals surface area contributed by atoms with Gasteiger partial charge in [0, 0.05) is 12.6 Å². The number of benzene rings is 3. The van der Waals surface area contributed by atoms with Gasteiger partial charge in [-0.15, -0.1) is 0 Å². The van der Waals surface area contributed by atoms with E-state index >= 15 is 0 Å². The third-order valence-corrected chi connectivity index (χ3v) is 5.83. The molecule has 0 aliphatic carbocycles. The summed E-state index contributed by atoms with van der Waals surface area (Å²) in [6, 6.07) is 24.8. The lowest BCUT2D eigenvalue weighted by Gasteiger charge is -2.17. The minimum Gasteiger partial charge on any atom is -0.326 e. The summed E-state index contributed by atoms with van der Waals surface area (Å²) in [5.41, 5.74) is 3.99. The van der Waals surface area contributed by atoms with Gasteiger partial charge in [-0.3, -0.25) is 14.5 Å². The number of anilines is 2. The Hall–Kier alpha value is -3.38. The van der Waals surface area contributed by atoms with Gasteiger partial charge in [0.25, 0.3) is 5.91 Å². The minimum absolute atomic E-state index is 0.0851. The van der Waals surface area contributed by atoms with E-state index in [9.17, 15) is 9.59 Å². The molecule has 6 heteroatoms. The average molecular weight is 416 g/mol. The van der Waals surface area contributed by atoms with E-state index < -0.39 is 5.25 Å². The van der Waals surface area contributed by atoms with Crippen LogP contribution in [0, 0.1) is 6.92 Å². The Morgan fingerprint density at radius 3 is 2.33 bits per heavy atom. The maximum absolute atomic E-state index is 13.6. The number of rotatable bonds is 4. The molecule has 150 valence electrons. The summed E-state index contributed by atoms with van der Waals surface area (Å²) in [6.45, 7) is 3.44. The largest absolute Gasteiger partial charge is 0.326 e. The second-order valence-electron chi connectivity index (χ2n) is 7.01. The van der Waals surface area contributed by atoms with Crippen LogP contribution in [-0.2, 0) is 9.59 Å². The molecule has 0 spiro atoms. The molecule has 1 aliphatic heterocycles. The van der Waals surface area contributed by atoms with Crippen molar-refractivity contribution in [2.45, 2.75) is 19.1 Å². The smallest absolute Gasteiger partial charge is 0.251 e. The molecule has 0 bridgehead atoms. The lowest BCUT2D eigenvalue weighted by Crippen LogP contribution is -2.30. The zero-order chi connectivity index (χ0) is 21.1. The Morgan fingerprint density at radius 2 is 1.67 bits per heavy atom. The normalized spacial score (nSPS) is 17.4. The van der Waals surface area contributed by atoms with Crippen LogP contribution in [0.3, 0.4) is 0 Å². The maximum atomic E-state index is 13.6. The van der Waals surface area contributed by atoms with Crippen LogP contribution in [0.25, 0.3) is 0 Å². The summed E-state index contributed by atoms with van der Waals surface area (Å²) in [7, 11) is 0. The van der Waals surface area contributed by atoms with Gasteiger partial charge < -0.3 is 5.32 Å². The van der Waals surface area contributed by atoms with Gasteiger partial charge in [0.15, 0.2) is 5.17 Å². The van der Waals surface area contributed by atoms with E-state index in [0.29, 0.717) is 10.9 Å². The van der Waals surface area contributed by atoms with Crippen molar-refractivity contribution in [3.8, 4) is 0 Å². The molecular weight excluding hydrogens is 394 g/mol. The number of para-hydroxylation sites is 2. The predicted molar refractivity (Wildman–Crippen MR) is 123 cm³/mol. The monoisotopic (exact) mass is 415 g/mol. The Morgan fingerprint density at radius 1 is 1.00 bits per heavy atom. The fraction of sp³-hybridized carbons (Fsp3) is 0.125. The molecule has 1 atom stereocenters. The van der Waals surface area contributed by atoms with Gasteiger partial charge in [0.05, 0.1) is 11.4 Å². The summed E-state index contributed by atoms with van der Waals surface area (Å²) in [6.07, 6.45) is 0. The first-order valence-corrected chi connectivity index (χ1v) is 10.5. The maximum Gasteiger partial charge on any atom is 0.251 e. The second-order valence-corrected chi connectivity index (χ2v) is 8.08. The van der Waals surface area contributed by atoms with E-state index in [0.717, 1.165) is 22.5 Å². The number of aliphatic imine (C=N–C) groups is 1. The molecule has 30 heavy (non-hydrogen) atoms. The van der Waals surface area contributed by atoms with Crippen LogP contribution >= 0.6 is 11.8 Å². The molecule has 1 saturated heterocycles. The van der Waals surface area contributed by atoms with Crippen molar-refractivity contribution in [3.63, 3.8) is 0 Å². The van der Waals surface area contributed by atoms with Crippen molar-refractivity contribution in [1.82, 2.24) is 0 Å². The molecule has 1 fully saturated rings. The van der Waals surface area contributed by atoms with Crippen LogP contribution in [0.5, 0.6) is 0 Å². The van der Waals surface area contributed by atoms with Crippen molar-refractivity contribution < 1.29 is 9.59 Å². The quantitative estimate of drug-likeness (QED) is 0.615. The van der Waals surface area contributed by atoms with E-state index in [1.54, 1.807) is 4.90 Å². The first kappa shape index (κ1) is 19.9. The van der Waals surface area contributed by atoms with Crippen LogP contribution in [0.1, 0.15) is 23.3 Å². The third-order valence-electron chi connectivity index (χ3n) is 4.65. The number of nitrogens with zero attached hydrogens (tertiary/aromatic N) is 2. The first-order chi connectivity index (χ1) is 14.5. The Labute approximate surface area is 179 Å². The van der Waals surface area contributed by atoms with Crippen molar-refractivity contribution in [2.24, 2.45) is 4.99 Å². The van der Waals surface area contributed by atoms with Gasteiger partial charge in [-0.1, -0.05) is 65.9 Å². The van der Waals surface area contributed by atoms with E-state index in [-0.39, 0.29) is 11.8 Å². The Kier molecular flexibility index (Phi) is 5.68. The summed E-state index contributed by atoms with van der Waals surface area (Å²) in [5.74, 6) is -0.258. The molecule has 4 rings (SSSR count). The van der Waals surface area contributed by atoms with Gasteiger partial charge in [0.1, 0.15) is 5.25 Å². The molecule has 1 unspecified atom stereocenters. The van der Waals surface area contributed by atoms with Crippen LogP contribution in [0.4, 0.5) is 17.1 Å². The number of hydrogen-bond acceptors (Lipinski definition) is 4. The van der Waals surface area contributed by atoms with Gasteiger partial charge in [-0.05, 0) is 42.8 Å². The minimum atomic E-state index is -0.505. The van der Waals surface area contributed by atoms with E-state index in [1.807, 2.05) is 85.8 Å². The number of hydrogen-bond donors (Lipinski definition) is 1. The van der Waals surface area contributed by atoms with Gasteiger partial charge in [0.2, 0.25) is 5.91 Å². The highest BCUT2D eigenvalue weighted by Gasteiger charge is 2.41. The SMILES string of the molecule is CC(=O)Nc1ccc(C)cc1C1SC(=Nc2ccccc2)N(c2ccccc2)C1=O. The summed E-state index contributed by atoms with van der Waals surface area (Å²) < 4.78 is 0. The number of amides is 2. The standard InChI is InChI=1S/C24H21N3O2S/c1-16-13-14-21(25-17(2)28)20(15-16)22-23(29)27(19-11-7-4-8-12-19)24(30-22)26-18-9-5-3-6-10-18/h3-15,22H,1-2H3,(H,25,28). The topological polar surface area (TPSA) is 61.8 Å². The van der Waals surface area contributed by atoms with Gasteiger partial charge in [-0.2, -0.15) is 0 Å². The molecule has 1 aliphatic rings. The number of amidine groups is 1. The van der Waals surface area contributed by atoms with E-state index in [4.69, 9.17) is 4.99 Å². The van der Waals surface area contributed by atoms with Crippen molar-refractivity contribution in [2.75, 3.05) is 10.2 Å². The van der Waals surface area contributed by atoms with Crippen LogP contribution < -0.4 is 10.2 Å². The molecule has 2 amide bonds. The molecule has 1 heterocycles. The molecule has 3 aromatic rings. The molecule has 0 aromatic heterocycles. The predicted octanol–water partition coefficient (Wildman–Crippen LogP) is 5.46. The lowest BCUT2D eigenvalue weighted by molar-refractivity contribution is -0.117. The van der Waals surface area contributed by atoms with Gasteiger partial charge >= 0.3 is 0 Å². The van der Waals surface area contributed by atoms with E-state index in [2.05, 4.69) is 5.32 Å². The van der Waals surface area contributed by atoms with Crippen LogP contribution in [-0.4, -0.2) is 17.0 Å². The highest BCUT2D eigenvalue weighted by molar-refractivity contribution is 8.15. The number of carbonyl (C=O) groups is 2. The summed E-state index contributed by atoms with van der Waals surface area (Å²) >= 11 is 1.39. The fourth-order valence-corrected chi connectivity index (χ4v) is 4.52. The third kappa shape index (κ3) is 4.14.